The van der Waals surface area contributed by atoms with Crippen molar-refractivity contribution in [1.29, 1.82) is 5.26 Å². The second-order valence-corrected chi connectivity index (χ2v) is 2.89. The summed E-state index contributed by atoms with van der Waals surface area (Å²) < 4.78 is 4.46. The van der Waals surface area contributed by atoms with Crippen molar-refractivity contribution in [3.05, 3.63) is 23.4 Å². The summed E-state index contributed by atoms with van der Waals surface area (Å²) in [5.41, 5.74) is 1.27. The van der Waals surface area contributed by atoms with Crippen molar-refractivity contribution in [1.82, 2.24) is 4.98 Å². The number of nitrogens with one attached hydrogen (secondary N) is 1. The van der Waals surface area contributed by atoms with Gasteiger partial charge >= 0.3 is 5.97 Å². The molecule has 0 amide bonds. The number of nitriles is 1. The van der Waals surface area contributed by atoms with Crippen LogP contribution in [0.25, 0.3) is 0 Å². The maximum atomic E-state index is 10.9. The molecule has 0 unspecified atom stereocenters. The fourth-order valence-electron chi connectivity index (χ4n) is 1.06. The van der Waals surface area contributed by atoms with Gasteiger partial charge in [0.2, 0.25) is 0 Å². The summed E-state index contributed by atoms with van der Waals surface area (Å²) in [7, 11) is 1.30. The number of nitrogens with zero attached hydrogens (tertiary/aromatic N) is 2. The number of esters is 1. The van der Waals surface area contributed by atoms with Gasteiger partial charge in [0.05, 0.1) is 12.7 Å². The minimum absolute atomic E-state index is 0.00162. The lowest BCUT2D eigenvalue weighted by Crippen LogP contribution is -2.16. The maximum Gasteiger partial charge on any atom is 0.325 e. The van der Waals surface area contributed by atoms with Crippen molar-refractivity contribution < 1.29 is 9.53 Å². The van der Waals surface area contributed by atoms with Crippen LogP contribution in [-0.2, 0) is 9.53 Å². The van der Waals surface area contributed by atoms with E-state index in [4.69, 9.17) is 5.26 Å². The molecule has 15 heavy (non-hydrogen) atoms. The molecule has 1 aromatic heterocycles. The highest BCUT2D eigenvalue weighted by atomic mass is 16.5. The summed E-state index contributed by atoms with van der Waals surface area (Å²) >= 11 is 0. The quantitative estimate of drug-likeness (QED) is 0.740. The molecule has 0 fully saturated rings. The number of aryl methyl sites for hydroxylation is 1. The Balaban J connectivity index is 2.82. The number of methoxy groups -OCH3 is 1. The minimum Gasteiger partial charge on any atom is -0.468 e. The third-order valence-corrected chi connectivity index (χ3v) is 1.90. The van der Waals surface area contributed by atoms with Gasteiger partial charge in [-0.2, -0.15) is 5.26 Å². The normalized spacial score (nSPS) is 9.13. The minimum atomic E-state index is -0.401. The fourth-order valence-corrected chi connectivity index (χ4v) is 1.06. The number of anilines is 1. The number of hydrogen-bond acceptors (Lipinski definition) is 5. The first kappa shape index (κ1) is 11.0. The van der Waals surface area contributed by atoms with Gasteiger partial charge in [-0.25, -0.2) is 4.98 Å². The summed E-state index contributed by atoms with van der Waals surface area (Å²) in [6.07, 6.45) is 1.58. The zero-order valence-electron chi connectivity index (χ0n) is 8.57. The van der Waals surface area contributed by atoms with E-state index >= 15 is 0 Å². The van der Waals surface area contributed by atoms with E-state index in [0.717, 1.165) is 5.56 Å². The Morgan fingerprint density at radius 2 is 2.47 bits per heavy atom. The van der Waals surface area contributed by atoms with Crippen molar-refractivity contribution >= 4 is 11.8 Å². The SMILES string of the molecule is COC(=O)CNc1nccc(C)c1C#N. The summed E-state index contributed by atoms with van der Waals surface area (Å²) in [5.74, 6) is 0.00472. The van der Waals surface area contributed by atoms with Crippen LogP contribution < -0.4 is 5.32 Å². The molecule has 0 atom stereocenters. The first-order chi connectivity index (χ1) is 7.19. The topological polar surface area (TPSA) is 75.0 Å². The van der Waals surface area contributed by atoms with Crippen LogP contribution in [0, 0.1) is 18.3 Å². The highest BCUT2D eigenvalue weighted by Crippen LogP contribution is 2.14. The summed E-state index contributed by atoms with van der Waals surface area (Å²) in [5, 5.41) is 11.6. The molecule has 1 rings (SSSR count). The van der Waals surface area contributed by atoms with E-state index in [2.05, 4.69) is 15.0 Å². The number of pyridine rings is 1. The van der Waals surface area contributed by atoms with Gasteiger partial charge in [0.1, 0.15) is 18.4 Å². The Labute approximate surface area is 87.7 Å². The molecule has 0 saturated carbocycles. The molecule has 1 aromatic rings. The fraction of sp³-hybridized carbons (Fsp3) is 0.300. The second kappa shape index (κ2) is 4.96. The lowest BCUT2D eigenvalue weighted by Gasteiger charge is -2.06. The largest absolute Gasteiger partial charge is 0.468 e. The number of carbonyl (C=O) groups is 1. The summed E-state index contributed by atoms with van der Waals surface area (Å²) in [6, 6.07) is 3.77. The van der Waals surface area contributed by atoms with Crippen LogP contribution in [0.3, 0.4) is 0 Å². The summed E-state index contributed by atoms with van der Waals surface area (Å²) in [6.45, 7) is 1.81. The van der Waals surface area contributed by atoms with Crippen molar-refractivity contribution in [2.24, 2.45) is 0 Å². The van der Waals surface area contributed by atoms with Crippen LogP contribution in [0.2, 0.25) is 0 Å². The van der Waals surface area contributed by atoms with Crippen LogP contribution in [0.15, 0.2) is 12.3 Å². The zero-order chi connectivity index (χ0) is 11.3. The molecule has 0 aromatic carbocycles. The lowest BCUT2D eigenvalue weighted by molar-refractivity contribution is -0.138. The Kier molecular flexibility index (Phi) is 3.63. The Bertz CT molecular complexity index is 410. The molecule has 0 aliphatic carbocycles. The molecule has 0 aliphatic rings. The third-order valence-electron chi connectivity index (χ3n) is 1.90. The molecule has 5 nitrogen and oxygen atoms in total. The van der Waals surface area contributed by atoms with E-state index < -0.39 is 5.97 Å². The number of ether oxygens (including phenoxy) is 1. The smallest absolute Gasteiger partial charge is 0.325 e. The monoisotopic (exact) mass is 205 g/mol. The van der Waals surface area contributed by atoms with Gasteiger partial charge in [0.15, 0.2) is 0 Å². The molecule has 5 heteroatoms. The van der Waals surface area contributed by atoms with Gasteiger partial charge in [-0.1, -0.05) is 0 Å². The van der Waals surface area contributed by atoms with Gasteiger partial charge in [0, 0.05) is 6.20 Å². The van der Waals surface area contributed by atoms with Crippen LogP contribution >= 0.6 is 0 Å². The van der Waals surface area contributed by atoms with Crippen molar-refractivity contribution in [3.8, 4) is 6.07 Å². The molecule has 0 radical (unpaired) electrons. The number of aromatic nitrogens is 1. The standard InChI is InChI=1S/C10H11N3O2/c1-7-3-4-12-10(8(7)5-11)13-6-9(14)15-2/h3-4H,6H2,1-2H3,(H,12,13). The van der Waals surface area contributed by atoms with Gasteiger partial charge in [-0.15, -0.1) is 0 Å². The van der Waals surface area contributed by atoms with Crippen molar-refractivity contribution in [2.75, 3.05) is 19.0 Å². The first-order valence-corrected chi connectivity index (χ1v) is 4.35. The van der Waals surface area contributed by atoms with Gasteiger partial charge < -0.3 is 10.1 Å². The van der Waals surface area contributed by atoms with Crippen molar-refractivity contribution in [2.45, 2.75) is 6.92 Å². The molecular formula is C10H11N3O2. The number of hydrogen-bond donors (Lipinski definition) is 1. The maximum absolute atomic E-state index is 10.9. The number of rotatable bonds is 3. The van der Waals surface area contributed by atoms with Gasteiger partial charge in [-0.3, -0.25) is 4.79 Å². The van der Waals surface area contributed by atoms with E-state index in [1.54, 1.807) is 12.3 Å². The van der Waals surface area contributed by atoms with E-state index in [1.165, 1.54) is 7.11 Å². The molecule has 78 valence electrons. The van der Waals surface area contributed by atoms with E-state index in [-0.39, 0.29) is 6.54 Å². The summed E-state index contributed by atoms with van der Waals surface area (Å²) in [4.78, 5) is 14.8. The Morgan fingerprint density at radius 3 is 3.07 bits per heavy atom. The van der Waals surface area contributed by atoms with Crippen LogP contribution in [0.4, 0.5) is 5.82 Å². The molecule has 0 saturated heterocycles. The third kappa shape index (κ3) is 2.68. The van der Waals surface area contributed by atoms with Crippen molar-refractivity contribution in [3.63, 3.8) is 0 Å². The van der Waals surface area contributed by atoms with Gasteiger partial charge in [0.25, 0.3) is 0 Å². The predicted octanol–water partition coefficient (Wildman–Crippen LogP) is 0.847. The molecule has 1 heterocycles. The van der Waals surface area contributed by atoms with Crippen LogP contribution in [0.5, 0.6) is 0 Å². The number of carbonyl (C=O) groups excluding carboxylic acids is 1. The lowest BCUT2D eigenvalue weighted by atomic mass is 10.1. The predicted molar refractivity (Wildman–Crippen MR) is 54.2 cm³/mol. The van der Waals surface area contributed by atoms with Gasteiger partial charge in [-0.05, 0) is 18.6 Å². The highest BCUT2D eigenvalue weighted by Gasteiger charge is 2.07. The molecule has 1 N–H and O–H groups in total. The average molecular weight is 205 g/mol. The highest BCUT2D eigenvalue weighted by molar-refractivity contribution is 5.75. The van der Waals surface area contributed by atoms with E-state index in [0.29, 0.717) is 11.4 Å². The Hall–Kier alpha value is -2.09. The van der Waals surface area contributed by atoms with E-state index in [1.807, 2.05) is 13.0 Å². The van der Waals surface area contributed by atoms with Crippen LogP contribution in [0.1, 0.15) is 11.1 Å². The second-order valence-electron chi connectivity index (χ2n) is 2.89. The molecular weight excluding hydrogens is 194 g/mol. The van der Waals surface area contributed by atoms with E-state index in [9.17, 15) is 4.79 Å². The average Bonchev–Trinajstić information content (AvgIpc) is 2.25. The van der Waals surface area contributed by atoms with Crippen LogP contribution in [-0.4, -0.2) is 24.6 Å². The zero-order valence-corrected chi connectivity index (χ0v) is 8.57. The first-order valence-electron chi connectivity index (χ1n) is 4.35. The molecule has 0 aliphatic heterocycles. The molecule has 0 bridgehead atoms. The Morgan fingerprint density at radius 1 is 1.73 bits per heavy atom. The molecule has 0 spiro atoms.